The molecule has 2 N–H and O–H groups in total. The van der Waals surface area contributed by atoms with Gasteiger partial charge in [0, 0.05) is 12.3 Å². The van der Waals surface area contributed by atoms with Gasteiger partial charge in [-0.3, -0.25) is 14.4 Å². The molecule has 0 aromatic rings. The molecule has 86 valence electrons. The Morgan fingerprint density at radius 3 is 2.00 bits per heavy atom. The van der Waals surface area contributed by atoms with E-state index in [1.165, 1.54) is 0 Å². The summed E-state index contributed by atoms with van der Waals surface area (Å²) >= 11 is 0. The van der Waals surface area contributed by atoms with Gasteiger partial charge >= 0.3 is 11.9 Å². The molecule has 0 aliphatic heterocycles. The lowest BCUT2D eigenvalue weighted by molar-refractivity contribution is -0.148. The van der Waals surface area contributed by atoms with Gasteiger partial charge in [-0.25, -0.2) is 0 Å². The molecule has 0 bridgehead atoms. The highest BCUT2D eigenvalue weighted by molar-refractivity contribution is 5.82. The molecule has 15 heavy (non-hydrogen) atoms. The maximum atomic E-state index is 11.2. The summed E-state index contributed by atoms with van der Waals surface area (Å²) in [6.45, 7) is 3.46. The molecule has 0 fully saturated rings. The zero-order valence-electron chi connectivity index (χ0n) is 8.90. The van der Waals surface area contributed by atoms with Gasteiger partial charge in [0.15, 0.2) is 0 Å². The minimum Gasteiger partial charge on any atom is -0.481 e. The van der Waals surface area contributed by atoms with Crippen LogP contribution in [0.4, 0.5) is 0 Å². The van der Waals surface area contributed by atoms with E-state index in [4.69, 9.17) is 10.2 Å². The number of hydrogen-bond donors (Lipinski definition) is 2. The third-order valence-corrected chi connectivity index (χ3v) is 2.15. The normalized spacial score (nSPS) is 12.5. The van der Waals surface area contributed by atoms with Gasteiger partial charge in [0.1, 0.15) is 5.78 Å². The summed E-state index contributed by atoms with van der Waals surface area (Å²) in [5.74, 6) is -3.45. The third-order valence-electron chi connectivity index (χ3n) is 2.15. The minimum atomic E-state index is -1.16. The molecule has 0 aliphatic carbocycles. The standard InChI is InChI=1S/C10H16O5/c1-6(2)8(11)4-3-7(10(14)15)5-9(12)13/h6-7H,3-5H2,1-2H3,(H,12,13)(H,14,15)/t7-/m0/s1. The van der Waals surface area contributed by atoms with Crippen molar-refractivity contribution in [3.63, 3.8) is 0 Å². The molecule has 0 spiro atoms. The Balaban J connectivity index is 4.13. The predicted molar refractivity (Wildman–Crippen MR) is 52.5 cm³/mol. The van der Waals surface area contributed by atoms with Crippen LogP contribution in [-0.2, 0) is 14.4 Å². The van der Waals surface area contributed by atoms with Crippen molar-refractivity contribution in [1.82, 2.24) is 0 Å². The van der Waals surface area contributed by atoms with Crippen molar-refractivity contribution < 1.29 is 24.6 Å². The lowest BCUT2D eigenvalue weighted by Gasteiger charge is -2.09. The Morgan fingerprint density at radius 2 is 1.67 bits per heavy atom. The maximum Gasteiger partial charge on any atom is 0.307 e. The van der Waals surface area contributed by atoms with Gasteiger partial charge in [0.05, 0.1) is 12.3 Å². The fourth-order valence-corrected chi connectivity index (χ4v) is 1.13. The molecule has 0 saturated carbocycles. The Hall–Kier alpha value is -1.39. The first-order valence-corrected chi connectivity index (χ1v) is 4.82. The van der Waals surface area contributed by atoms with Crippen LogP contribution in [0.2, 0.25) is 0 Å². The predicted octanol–water partition coefficient (Wildman–Crippen LogP) is 1.17. The quantitative estimate of drug-likeness (QED) is 0.666. The van der Waals surface area contributed by atoms with Crippen molar-refractivity contribution in [2.24, 2.45) is 11.8 Å². The average molecular weight is 216 g/mol. The van der Waals surface area contributed by atoms with Crippen molar-refractivity contribution in [1.29, 1.82) is 0 Å². The van der Waals surface area contributed by atoms with E-state index in [0.29, 0.717) is 0 Å². The van der Waals surface area contributed by atoms with Crippen LogP contribution in [0.15, 0.2) is 0 Å². The molecule has 0 rings (SSSR count). The Kier molecular flexibility index (Phi) is 5.59. The number of ketones is 1. The van der Waals surface area contributed by atoms with Crippen molar-refractivity contribution in [2.75, 3.05) is 0 Å². The monoisotopic (exact) mass is 216 g/mol. The van der Waals surface area contributed by atoms with Crippen LogP contribution >= 0.6 is 0 Å². The number of Topliss-reactive ketones (excluding diaryl/α,β-unsaturated/α-hetero) is 1. The Morgan fingerprint density at radius 1 is 1.13 bits per heavy atom. The van der Waals surface area contributed by atoms with Crippen LogP contribution in [0.3, 0.4) is 0 Å². The van der Waals surface area contributed by atoms with E-state index in [9.17, 15) is 14.4 Å². The summed E-state index contributed by atoms with van der Waals surface area (Å²) in [4.78, 5) is 32.2. The van der Waals surface area contributed by atoms with Gasteiger partial charge in [-0.05, 0) is 6.42 Å². The number of hydrogen-bond acceptors (Lipinski definition) is 3. The second-order valence-electron chi connectivity index (χ2n) is 3.79. The second-order valence-corrected chi connectivity index (χ2v) is 3.79. The van der Waals surface area contributed by atoms with Gasteiger partial charge < -0.3 is 10.2 Å². The molecule has 0 radical (unpaired) electrons. The fourth-order valence-electron chi connectivity index (χ4n) is 1.13. The minimum absolute atomic E-state index is 0.0355. The van der Waals surface area contributed by atoms with E-state index in [2.05, 4.69) is 0 Å². The molecular weight excluding hydrogens is 200 g/mol. The van der Waals surface area contributed by atoms with E-state index < -0.39 is 24.3 Å². The van der Waals surface area contributed by atoms with Crippen molar-refractivity contribution >= 4 is 17.7 Å². The van der Waals surface area contributed by atoms with Crippen LogP contribution in [0.25, 0.3) is 0 Å². The summed E-state index contributed by atoms with van der Waals surface area (Å²) in [6, 6.07) is 0. The van der Waals surface area contributed by atoms with Crippen molar-refractivity contribution in [2.45, 2.75) is 33.1 Å². The third kappa shape index (κ3) is 5.83. The summed E-state index contributed by atoms with van der Waals surface area (Å²) in [5.41, 5.74) is 0. The molecule has 0 aliphatic rings. The number of carboxylic acid groups (broad SMARTS) is 2. The smallest absolute Gasteiger partial charge is 0.307 e. The highest BCUT2D eigenvalue weighted by Crippen LogP contribution is 2.14. The second kappa shape index (κ2) is 6.16. The SMILES string of the molecule is CC(C)C(=O)CC[C@@H](CC(=O)O)C(=O)O. The zero-order chi connectivity index (χ0) is 12.0. The first-order valence-electron chi connectivity index (χ1n) is 4.82. The number of carbonyl (C=O) groups excluding carboxylic acids is 1. The highest BCUT2D eigenvalue weighted by Gasteiger charge is 2.22. The van der Waals surface area contributed by atoms with E-state index in [-0.39, 0.29) is 24.5 Å². The average Bonchev–Trinajstić information content (AvgIpc) is 2.10. The lowest BCUT2D eigenvalue weighted by atomic mass is 9.95. The van der Waals surface area contributed by atoms with Crippen LogP contribution in [0.5, 0.6) is 0 Å². The van der Waals surface area contributed by atoms with E-state index in [1.54, 1.807) is 13.8 Å². The van der Waals surface area contributed by atoms with Gasteiger partial charge in [-0.2, -0.15) is 0 Å². The van der Waals surface area contributed by atoms with Gasteiger partial charge in [0.2, 0.25) is 0 Å². The molecule has 0 aromatic heterocycles. The van der Waals surface area contributed by atoms with Crippen LogP contribution in [0, 0.1) is 11.8 Å². The number of aliphatic carboxylic acids is 2. The van der Waals surface area contributed by atoms with Gasteiger partial charge in [0.25, 0.3) is 0 Å². The summed E-state index contributed by atoms with van der Waals surface area (Å²) < 4.78 is 0. The molecule has 0 saturated heterocycles. The zero-order valence-corrected chi connectivity index (χ0v) is 8.90. The first-order chi connectivity index (χ1) is 6.84. The Bertz CT molecular complexity index is 257. The maximum absolute atomic E-state index is 11.2. The van der Waals surface area contributed by atoms with Crippen LogP contribution in [0.1, 0.15) is 33.1 Å². The molecule has 0 aromatic carbocycles. The summed E-state index contributed by atoms with van der Waals surface area (Å²) in [5, 5.41) is 17.2. The summed E-state index contributed by atoms with van der Waals surface area (Å²) in [6.07, 6.45) is -0.207. The molecule has 0 unspecified atom stereocenters. The first kappa shape index (κ1) is 13.6. The Labute approximate surface area is 88.1 Å². The van der Waals surface area contributed by atoms with E-state index in [1.807, 2.05) is 0 Å². The van der Waals surface area contributed by atoms with Crippen molar-refractivity contribution in [3.05, 3.63) is 0 Å². The highest BCUT2D eigenvalue weighted by atomic mass is 16.4. The van der Waals surface area contributed by atoms with Crippen LogP contribution in [-0.4, -0.2) is 27.9 Å². The molecular formula is C10H16O5. The van der Waals surface area contributed by atoms with Crippen molar-refractivity contribution in [3.8, 4) is 0 Å². The molecule has 5 nitrogen and oxygen atoms in total. The number of carboxylic acids is 2. The van der Waals surface area contributed by atoms with Crippen LogP contribution < -0.4 is 0 Å². The molecule has 0 amide bonds. The van der Waals surface area contributed by atoms with Gasteiger partial charge in [-0.1, -0.05) is 13.8 Å². The molecule has 5 heteroatoms. The van der Waals surface area contributed by atoms with E-state index in [0.717, 1.165) is 0 Å². The molecule has 1 atom stereocenters. The largest absolute Gasteiger partial charge is 0.481 e. The molecule has 0 heterocycles. The topological polar surface area (TPSA) is 91.7 Å². The van der Waals surface area contributed by atoms with Gasteiger partial charge in [-0.15, -0.1) is 0 Å². The number of carbonyl (C=O) groups is 3. The fraction of sp³-hybridized carbons (Fsp3) is 0.700. The number of rotatable bonds is 7. The lowest BCUT2D eigenvalue weighted by Crippen LogP contribution is -2.20. The van der Waals surface area contributed by atoms with E-state index >= 15 is 0 Å². The summed E-state index contributed by atoms with van der Waals surface area (Å²) in [7, 11) is 0.